The van der Waals surface area contributed by atoms with E-state index in [1.807, 2.05) is 0 Å². The van der Waals surface area contributed by atoms with Crippen molar-refractivity contribution < 1.29 is 0 Å². The zero-order chi connectivity index (χ0) is 11.8. The molecular weight excluding hydrogens is 196 g/mol. The number of unbranched alkanes of at least 4 members (excludes halogenated alkanes) is 3. The molecule has 0 fully saturated rings. The summed E-state index contributed by atoms with van der Waals surface area (Å²) in [4.78, 5) is 0. The highest BCUT2D eigenvalue weighted by Crippen LogP contribution is 2.16. The second kappa shape index (κ2) is 7.48. The average Bonchev–Trinajstić information content (AvgIpc) is 2.68. The number of aromatic nitrogens is 2. The normalized spacial score (nSPS) is 12.9. The Bertz CT molecular complexity index is 278. The molecule has 1 atom stereocenters. The molecule has 1 aromatic heterocycles. The van der Waals surface area contributed by atoms with Crippen LogP contribution in [0.5, 0.6) is 0 Å². The first kappa shape index (κ1) is 13.3. The number of rotatable bonds is 8. The fourth-order valence-corrected chi connectivity index (χ4v) is 2.11. The molecule has 1 aromatic rings. The van der Waals surface area contributed by atoms with Crippen molar-refractivity contribution in [1.82, 2.24) is 9.78 Å². The fraction of sp³-hybridized carbons (Fsp3) is 0.786. The third-order valence-corrected chi connectivity index (χ3v) is 3.26. The van der Waals surface area contributed by atoms with Crippen molar-refractivity contribution in [3.63, 3.8) is 0 Å². The van der Waals surface area contributed by atoms with E-state index in [4.69, 9.17) is 0 Å². The van der Waals surface area contributed by atoms with Crippen molar-refractivity contribution in [1.29, 1.82) is 0 Å². The molecule has 16 heavy (non-hydrogen) atoms. The van der Waals surface area contributed by atoms with E-state index in [1.54, 1.807) is 0 Å². The maximum atomic E-state index is 4.46. The summed E-state index contributed by atoms with van der Waals surface area (Å²) in [6.45, 7) is 7.71. The lowest BCUT2D eigenvalue weighted by Crippen LogP contribution is -2.10. The van der Waals surface area contributed by atoms with Crippen LogP contribution >= 0.6 is 0 Å². The Morgan fingerprint density at radius 3 is 2.62 bits per heavy atom. The van der Waals surface area contributed by atoms with Gasteiger partial charge in [0.1, 0.15) is 0 Å². The molecule has 92 valence electrons. The van der Waals surface area contributed by atoms with Gasteiger partial charge in [-0.2, -0.15) is 5.10 Å². The minimum Gasteiger partial charge on any atom is -0.272 e. The molecule has 0 amide bonds. The van der Waals surface area contributed by atoms with E-state index in [0.717, 1.165) is 18.2 Å². The molecule has 1 heterocycles. The molecule has 0 spiro atoms. The van der Waals surface area contributed by atoms with Gasteiger partial charge in [-0.25, -0.2) is 0 Å². The Kier molecular flexibility index (Phi) is 6.20. The van der Waals surface area contributed by atoms with Crippen molar-refractivity contribution in [2.75, 3.05) is 0 Å². The molecule has 0 aliphatic heterocycles. The summed E-state index contributed by atoms with van der Waals surface area (Å²) < 4.78 is 2.10. The van der Waals surface area contributed by atoms with Crippen molar-refractivity contribution in [3.8, 4) is 0 Å². The molecule has 2 heteroatoms. The largest absolute Gasteiger partial charge is 0.272 e. The number of nitrogens with zero attached hydrogens (tertiary/aromatic N) is 2. The Labute approximate surface area is 100 Å². The lowest BCUT2D eigenvalue weighted by Gasteiger charge is -2.14. The van der Waals surface area contributed by atoms with Crippen LogP contribution in [0.25, 0.3) is 0 Å². The van der Waals surface area contributed by atoms with E-state index in [0.29, 0.717) is 0 Å². The van der Waals surface area contributed by atoms with E-state index >= 15 is 0 Å². The molecule has 0 aromatic carbocycles. The molecule has 1 rings (SSSR count). The molecule has 0 saturated heterocycles. The predicted molar refractivity (Wildman–Crippen MR) is 69.5 cm³/mol. The van der Waals surface area contributed by atoms with Crippen LogP contribution in [0.1, 0.15) is 58.1 Å². The first-order valence-corrected chi connectivity index (χ1v) is 6.76. The minimum absolute atomic E-state index is 0.802. The van der Waals surface area contributed by atoms with E-state index < -0.39 is 0 Å². The van der Waals surface area contributed by atoms with Gasteiger partial charge in [-0.15, -0.1) is 0 Å². The smallest absolute Gasteiger partial charge is 0.0593 e. The first-order chi connectivity index (χ1) is 7.76. The van der Waals surface area contributed by atoms with E-state index in [2.05, 4.69) is 42.8 Å². The monoisotopic (exact) mass is 222 g/mol. The number of aryl methyl sites for hydroxylation is 1. The van der Waals surface area contributed by atoms with Crippen LogP contribution in [-0.4, -0.2) is 9.78 Å². The third-order valence-electron chi connectivity index (χ3n) is 3.26. The molecule has 0 aliphatic carbocycles. The van der Waals surface area contributed by atoms with Crippen LogP contribution in [0, 0.1) is 12.8 Å². The second-order valence-corrected chi connectivity index (χ2v) is 4.80. The topological polar surface area (TPSA) is 17.8 Å². The Balaban J connectivity index is 2.26. The maximum Gasteiger partial charge on any atom is 0.0593 e. The van der Waals surface area contributed by atoms with Gasteiger partial charge in [-0.1, -0.05) is 46.0 Å². The summed E-state index contributed by atoms with van der Waals surface area (Å²) in [6, 6.07) is 2.09. The number of hydrogen-bond acceptors (Lipinski definition) is 1. The van der Waals surface area contributed by atoms with Gasteiger partial charge in [0.2, 0.25) is 0 Å². The Morgan fingerprint density at radius 1 is 1.25 bits per heavy atom. The van der Waals surface area contributed by atoms with Crippen molar-refractivity contribution >= 4 is 0 Å². The van der Waals surface area contributed by atoms with Crippen LogP contribution in [-0.2, 0) is 6.54 Å². The summed E-state index contributed by atoms with van der Waals surface area (Å²) in [5.74, 6) is 0.802. The second-order valence-electron chi connectivity index (χ2n) is 4.80. The van der Waals surface area contributed by atoms with Gasteiger partial charge in [0, 0.05) is 12.7 Å². The van der Waals surface area contributed by atoms with Crippen LogP contribution in [0.4, 0.5) is 0 Å². The van der Waals surface area contributed by atoms with Crippen LogP contribution in [0.3, 0.4) is 0 Å². The number of hydrogen-bond donors (Lipinski definition) is 0. The molecule has 2 nitrogen and oxygen atoms in total. The fourth-order valence-electron chi connectivity index (χ4n) is 2.11. The Hall–Kier alpha value is -0.790. The highest BCUT2D eigenvalue weighted by molar-refractivity contribution is 4.94. The summed E-state index contributed by atoms with van der Waals surface area (Å²) in [6.07, 6.45) is 10.2. The molecule has 0 bridgehead atoms. The van der Waals surface area contributed by atoms with E-state index in [-0.39, 0.29) is 0 Å². The summed E-state index contributed by atoms with van der Waals surface area (Å²) in [5, 5.41) is 4.46. The summed E-state index contributed by atoms with van der Waals surface area (Å²) in [5.41, 5.74) is 1.13. The Morgan fingerprint density at radius 2 is 2.06 bits per heavy atom. The summed E-state index contributed by atoms with van der Waals surface area (Å²) >= 11 is 0. The molecule has 1 unspecified atom stereocenters. The molecule has 0 radical (unpaired) electrons. The zero-order valence-corrected chi connectivity index (χ0v) is 11.1. The maximum absolute atomic E-state index is 4.46. The SMILES string of the molecule is CCCCCCC(CC)Cn1ccc(C)n1. The van der Waals surface area contributed by atoms with Crippen LogP contribution < -0.4 is 0 Å². The lowest BCUT2D eigenvalue weighted by atomic mass is 9.98. The van der Waals surface area contributed by atoms with Gasteiger partial charge >= 0.3 is 0 Å². The van der Waals surface area contributed by atoms with Gasteiger partial charge in [-0.3, -0.25) is 4.68 Å². The van der Waals surface area contributed by atoms with Crippen LogP contribution in [0.15, 0.2) is 12.3 Å². The highest BCUT2D eigenvalue weighted by atomic mass is 15.3. The van der Waals surface area contributed by atoms with Gasteiger partial charge in [0.15, 0.2) is 0 Å². The minimum atomic E-state index is 0.802. The van der Waals surface area contributed by atoms with Crippen molar-refractivity contribution in [2.45, 2.75) is 65.8 Å². The molecule has 0 saturated carbocycles. The van der Waals surface area contributed by atoms with Gasteiger partial charge in [0.25, 0.3) is 0 Å². The molecular formula is C14H26N2. The predicted octanol–water partition coefficient (Wildman–Crippen LogP) is 4.19. The standard InChI is InChI=1S/C14H26N2/c1-4-6-7-8-9-14(5-2)12-16-11-10-13(3)15-16/h10-11,14H,4-9,12H2,1-3H3. The first-order valence-electron chi connectivity index (χ1n) is 6.76. The summed E-state index contributed by atoms with van der Waals surface area (Å²) in [7, 11) is 0. The zero-order valence-electron chi connectivity index (χ0n) is 11.1. The van der Waals surface area contributed by atoms with Crippen molar-refractivity contribution in [3.05, 3.63) is 18.0 Å². The van der Waals surface area contributed by atoms with Crippen LogP contribution in [0.2, 0.25) is 0 Å². The van der Waals surface area contributed by atoms with E-state index in [1.165, 1.54) is 38.5 Å². The third kappa shape index (κ3) is 4.82. The van der Waals surface area contributed by atoms with Crippen molar-refractivity contribution in [2.24, 2.45) is 5.92 Å². The van der Waals surface area contributed by atoms with Gasteiger partial charge in [-0.05, 0) is 25.3 Å². The quantitative estimate of drug-likeness (QED) is 0.603. The molecule has 0 N–H and O–H groups in total. The van der Waals surface area contributed by atoms with Gasteiger partial charge < -0.3 is 0 Å². The van der Waals surface area contributed by atoms with E-state index in [9.17, 15) is 0 Å². The van der Waals surface area contributed by atoms with Gasteiger partial charge in [0.05, 0.1) is 5.69 Å². The average molecular weight is 222 g/mol. The lowest BCUT2D eigenvalue weighted by molar-refractivity contribution is 0.367. The molecule has 0 aliphatic rings. The highest BCUT2D eigenvalue weighted by Gasteiger charge is 2.07.